The van der Waals surface area contributed by atoms with Crippen molar-refractivity contribution in [3.63, 3.8) is 0 Å². The minimum Gasteiger partial charge on any atom is -0.489 e. The summed E-state index contributed by atoms with van der Waals surface area (Å²) in [4.78, 5) is 21.5. The van der Waals surface area contributed by atoms with Crippen molar-refractivity contribution in [2.45, 2.75) is 19.4 Å². The van der Waals surface area contributed by atoms with E-state index in [1.54, 1.807) is 25.1 Å². The first-order valence-corrected chi connectivity index (χ1v) is 4.78. The van der Waals surface area contributed by atoms with E-state index in [0.29, 0.717) is 5.75 Å². The van der Waals surface area contributed by atoms with Gasteiger partial charge in [-0.15, -0.1) is 0 Å². The number of benzene rings is 1. The van der Waals surface area contributed by atoms with Crippen LogP contribution in [0, 0.1) is 0 Å². The number of ether oxygens (including phenoxy) is 1. The maximum Gasteiger partial charge on any atom is 0.307 e. The number of hydrogen-bond acceptors (Lipinski definition) is 3. The molecule has 5 heteroatoms. The van der Waals surface area contributed by atoms with Crippen LogP contribution in [0.4, 0.5) is 0 Å². The van der Waals surface area contributed by atoms with Crippen molar-refractivity contribution in [2.75, 3.05) is 0 Å². The Labute approximate surface area is 92.8 Å². The summed E-state index contributed by atoms with van der Waals surface area (Å²) in [7, 11) is 0. The van der Waals surface area contributed by atoms with Crippen molar-refractivity contribution < 1.29 is 19.4 Å². The monoisotopic (exact) mass is 223 g/mol. The van der Waals surface area contributed by atoms with Gasteiger partial charge < -0.3 is 15.6 Å². The molecule has 3 N–H and O–H groups in total. The van der Waals surface area contributed by atoms with Crippen molar-refractivity contribution in [3.05, 3.63) is 29.8 Å². The Balaban J connectivity index is 2.80. The van der Waals surface area contributed by atoms with Gasteiger partial charge in [0.15, 0.2) is 0 Å². The Hall–Kier alpha value is -2.04. The van der Waals surface area contributed by atoms with E-state index in [1.165, 1.54) is 6.07 Å². The van der Waals surface area contributed by atoms with Gasteiger partial charge in [-0.3, -0.25) is 9.59 Å². The van der Waals surface area contributed by atoms with E-state index >= 15 is 0 Å². The topological polar surface area (TPSA) is 89.6 Å². The highest BCUT2D eigenvalue weighted by Gasteiger charge is 2.13. The minimum atomic E-state index is -0.955. The van der Waals surface area contributed by atoms with E-state index in [9.17, 15) is 9.59 Å². The highest BCUT2D eigenvalue weighted by molar-refractivity contribution is 5.95. The smallest absolute Gasteiger partial charge is 0.307 e. The molecule has 1 amide bonds. The second-order valence-corrected chi connectivity index (χ2v) is 3.39. The van der Waals surface area contributed by atoms with E-state index in [-0.39, 0.29) is 12.0 Å². The van der Waals surface area contributed by atoms with Crippen LogP contribution in [0.15, 0.2) is 24.3 Å². The Morgan fingerprint density at radius 1 is 1.44 bits per heavy atom. The highest BCUT2D eigenvalue weighted by Crippen LogP contribution is 2.19. The highest BCUT2D eigenvalue weighted by atomic mass is 16.5. The molecule has 1 aromatic carbocycles. The molecule has 0 saturated carbocycles. The minimum absolute atomic E-state index is 0.132. The van der Waals surface area contributed by atoms with Crippen LogP contribution in [0.2, 0.25) is 0 Å². The number of para-hydroxylation sites is 1. The summed E-state index contributed by atoms with van der Waals surface area (Å²) >= 11 is 0. The summed E-state index contributed by atoms with van der Waals surface area (Å²) in [6, 6.07) is 6.47. The molecule has 0 aliphatic carbocycles. The summed E-state index contributed by atoms with van der Waals surface area (Å²) in [5.41, 5.74) is 5.41. The normalized spacial score (nSPS) is 11.8. The molecule has 16 heavy (non-hydrogen) atoms. The molecule has 0 heterocycles. The van der Waals surface area contributed by atoms with E-state index < -0.39 is 18.0 Å². The van der Waals surface area contributed by atoms with Crippen molar-refractivity contribution in [1.29, 1.82) is 0 Å². The molecule has 0 radical (unpaired) electrons. The third-order valence-electron chi connectivity index (χ3n) is 1.94. The molecule has 1 atom stereocenters. The lowest BCUT2D eigenvalue weighted by atomic mass is 10.2. The second kappa shape index (κ2) is 5.16. The molecular formula is C11H13NO4. The van der Waals surface area contributed by atoms with Crippen molar-refractivity contribution in [2.24, 2.45) is 5.73 Å². The standard InChI is InChI=1S/C11H13NO4/c1-7(6-10(13)14)16-9-5-3-2-4-8(9)11(12)15/h2-5,7H,6H2,1H3,(H2,12,15)(H,13,14). The third kappa shape index (κ3) is 3.27. The maximum absolute atomic E-state index is 11.1. The Bertz CT molecular complexity index is 403. The van der Waals surface area contributed by atoms with Crippen LogP contribution in [0.25, 0.3) is 0 Å². The zero-order valence-electron chi connectivity index (χ0n) is 8.84. The van der Waals surface area contributed by atoms with Crippen LogP contribution in [-0.2, 0) is 4.79 Å². The van der Waals surface area contributed by atoms with Gasteiger partial charge in [-0.05, 0) is 19.1 Å². The van der Waals surface area contributed by atoms with Gasteiger partial charge in [-0.25, -0.2) is 0 Å². The van der Waals surface area contributed by atoms with Crippen LogP contribution < -0.4 is 10.5 Å². The fraction of sp³-hybridized carbons (Fsp3) is 0.273. The van der Waals surface area contributed by atoms with Crippen LogP contribution >= 0.6 is 0 Å². The molecule has 0 fully saturated rings. The van der Waals surface area contributed by atoms with Crippen LogP contribution in [0.5, 0.6) is 5.75 Å². The summed E-state index contributed by atoms with van der Waals surface area (Å²) in [5.74, 6) is -1.24. The third-order valence-corrected chi connectivity index (χ3v) is 1.94. The average molecular weight is 223 g/mol. The van der Waals surface area contributed by atoms with Gasteiger partial charge in [-0.2, -0.15) is 0 Å². The molecule has 1 aromatic rings. The first kappa shape index (κ1) is 12.0. The summed E-state index contributed by atoms with van der Waals surface area (Å²) < 4.78 is 5.34. The Morgan fingerprint density at radius 2 is 2.06 bits per heavy atom. The molecule has 1 unspecified atom stereocenters. The molecule has 1 rings (SSSR count). The second-order valence-electron chi connectivity index (χ2n) is 3.39. The summed E-state index contributed by atoms with van der Waals surface area (Å²) in [5, 5.41) is 8.57. The van der Waals surface area contributed by atoms with Gasteiger partial charge >= 0.3 is 5.97 Å². The van der Waals surface area contributed by atoms with Gasteiger partial charge in [0.25, 0.3) is 5.91 Å². The van der Waals surface area contributed by atoms with Crippen molar-refractivity contribution in [1.82, 2.24) is 0 Å². The molecule has 0 aliphatic heterocycles. The first-order valence-electron chi connectivity index (χ1n) is 4.78. The summed E-state index contributed by atoms with van der Waals surface area (Å²) in [6.45, 7) is 1.62. The van der Waals surface area contributed by atoms with Crippen LogP contribution in [0.3, 0.4) is 0 Å². The predicted molar refractivity (Wildman–Crippen MR) is 57.3 cm³/mol. The van der Waals surface area contributed by atoms with Crippen molar-refractivity contribution in [3.8, 4) is 5.75 Å². The number of amides is 1. The fourth-order valence-electron chi connectivity index (χ4n) is 1.28. The predicted octanol–water partition coefficient (Wildman–Crippen LogP) is 1.03. The molecule has 0 aromatic heterocycles. The lowest BCUT2D eigenvalue weighted by Crippen LogP contribution is -2.19. The van der Waals surface area contributed by atoms with E-state index in [0.717, 1.165) is 0 Å². The number of rotatable bonds is 5. The molecule has 86 valence electrons. The van der Waals surface area contributed by atoms with E-state index in [2.05, 4.69) is 0 Å². The number of carboxylic acid groups (broad SMARTS) is 1. The average Bonchev–Trinajstić information content (AvgIpc) is 2.16. The molecule has 0 spiro atoms. The number of nitrogens with two attached hydrogens (primary N) is 1. The maximum atomic E-state index is 11.1. The number of carboxylic acids is 1. The molecule has 0 bridgehead atoms. The van der Waals surface area contributed by atoms with Crippen LogP contribution in [0.1, 0.15) is 23.7 Å². The Morgan fingerprint density at radius 3 is 2.62 bits per heavy atom. The van der Waals surface area contributed by atoms with E-state index in [4.69, 9.17) is 15.6 Å². The lowest BCUT2D eigenvalue weighted by Gasteiger charge is -2.14. The molecular weight excluding hydrogens is 210 g/mol. The number of primary amides is 1. The fourth-order valence-corrected chi connectivity index (χ4v) is 1.28. The number of hydrogen-bond donors (Lipinski definition) is 2. The van der Waals surface area contributed by atoms with Gasteiger partial charge in [0, 0.05) is 0 Å². The zero-order chi connectivity index (χ0) is 12.1. The quantitative estimate of drug-likeness (QED) is 0.780. The number of carbonyl (C=O) groups is 2. The molecule has 0 aliphatic rings. The van der Waals surface area contributed by atoms with Gasteiger partial charge in [-0.1, -0.05) is 12.1 Å². The van der Waals surface area contributed by atoms with Crippen LogP contribution in [-0.4, -0.2) is 23.1 Å². The zero-order valence-corrected chi connectivity index (χ0v) is 8.84. The Kier molecular flexibility index (Phi) is 3.88. The largest absolute Gasteiger partial charge is 0.489 e. The molecule has 0 saturated heterocycles. The van der Waals surface area contributed by atoms with Gasteiger partial charge in [0.05, 0.1) is 12.0 Å². The molecule has 5 nitrogen and oxygen atoms in total. The number of aliphatic carboxylic acids is 1. The van der Waals surface area contributed by atoms with Gasteiger partial charge in [0.1, 0.15) is 11.9 Å². The summed E-state index contributed by atoms with van der Waals surface area (Å²) in [6.07, 6.45) is -0.648. The van der Waals surface area contributed by atoms with Crippen molar-refractivity contribution >= 4 is 11.9 Å². The van der Waals surface area contributed by atoms with Gasteiger partial charge in [0.2, 0.25) is 0 Å². The first-order chi connectivity index (χ1) is 7.50. The number of carbonyl (C=O) groups excluding carboxylic acids is 1. The SMILES string of the molecule is CC(CC(=O)O)Oc1ccccc1C(N)=O. The van der Waals surface area contributed by atoms with E-state index in [1.807, 2.05) is 0 Å². The lowest BCUT2D eigenvalue weighted by molar-refractivity contribution is -0.138.